The molecule has 0 aliphatic carbocycles. The van der Waals surface area contributed by atoms with Gasteiger partial charge < -0.3 is 9.64 Å². The average Bonchev–Trinajstić information content (AvgIpc) is 2.97. The van der Waals surface area contributed by atoms with Gasteiger partial charge in [-0.2, -0.15) is 0 Å². The smallest absolute Gasteiger partial charge is 0.410 e. The van der Waals surface area contributed by atoms with Gasteiger partial charge in [0.1, 0.15) is 6.61 Å². The lowest BCUT2D eigenvalue weighted by Gasteiger charge is -2.17. The monoisotopic (exact) mass is 351 g/mol. The maximum absolute atomic E-state index is 12.2. The van der Waals surface area contributed by atoms with E-state index in [2.05, 4.69) is 29.4 Å². The van der Waals surface area contributed by atoms with Crippen molar-refractivity contribution in [2.24, 2.45) is 11.8 Å². The second-order valence-electron chi connectivity index (χ2n) is 5.51. The van der Waals surface area contributed by atoms with E-state index in [0.29, 0.717) is 18.4 Å². The van der Waals surface area contributed by atoms with Crippen molar-refractivity contribution in [2.75, 3.05) is 18.4 Å². The summed E-state index contributed by atoms with van der Waals surface area (Å²) in [6, 6.07) is 9.77. The number of amides is 1. The van der Waals surface area contributed by atoms with E-state index in [1.807, 2.05) is 35.2 Å². The molecular weight excluding hydrogens is 330 g/mol. The van der Waals surface area contributed by atoms with Gasteiger partial charge in [-0.1, -0.05) is 71.8 Å². The van der Waals surface area contributed by atoms with Gasteiger partial charge in [0.2, 0.25) is 0 Å². The Bertz CT molecular complexity index is 489. The van der Waals surface area contributed by atoms with E-state index in [4.69, 9.17) is 4.74 Å². The van der Waals surface area contributed by atoms with Crippen LogP contribution in [0.4, 0.5) is 4.79 Å². The van der Waals surface area contributed by atoms with E-state index < -0.39 is 0 Å². The van der Waals surface area contributed by atoms with Crippen LogP contribution in [0.3, 0.4) is 0 Å². The molecule has 114 valence electrons. The Balaban J connectivity index is 1.90. The van der Waals surface area contributed by atoms with Crippen LogP contribution in [0.1, 0.15) is 18.9 Å². The number of likely N-dealkylation sites (tertiary alicyclic amines) is 1. The van der Waals surface area contributed by atoms with Gasteiger partial charge in [0, 0.05) is 24.3 Å². The van der Waals surface area contributed by atoms with Gasteiger partial charge >= 0.3 is 6.09 Å². The summed E-state index contributed by atoms with van der Waals surface area (Å²) in [6.07, 6.45) is 0.835. The molecule has 1 aromatic rings. The molecule has 0 radical (unpaired) electrons. The number of ether oxygens (including phenoxy) is 1. The first-order chi connectivity index (χ1) is 10.2. The highest BCUT2D eigenvalue weighted by molar-refractivity contribution is 9.09. The molecule has 2 atom stereocenters. The molecule has 0 aromatic heterocycles. The van der Waals surface area contributed by atoms with E-state index in [1.54, 1.807) is 0 Å². The molecule has 1 aliphatic heterocycles. The fraction of sp³-hybridized carbons (Fsp3) is 0.471. The molecule has 3 nitrogen and oxygen atoms in total. The molecule has 1 saturated heterocycles. The fourth-order valence-corrected chi connectivity index (χ4v) is 3.22. The van der Waals surface area contributed by atoms with Crippen molar-refractivity contribution in [1.29, 1.82) is 0 Å². The molecule has 1 aliphatic rings. The van der Waals surface area contributed by atoms with Gasteiger partial charge in [0.25, 0.3) is 0 Å². The molecule has 4 heteroatoms. The number of hydrogen-bond acceptors (Lipinski definition) is 2. The number of halogens is 1. The van der Waals surface area contributed by atoms with Gasteiger partial charge in [-0.3, -0.25) is 0 Å². The molecule has 2 rings (SSSR count). The molecule has 1 heterocycles. The predicted molar refractivity (Wildman–Crippen MR) is 88.4 cm³/mol. The minimum absolute atomic E-state index is 0.220. The average molecular weight is 352 g/mol. The van der Waals surface area contributed by atoms with Crippen LogP contribution >= 0.6 is 15.9 Å². The predicted octanol–water partition coefficient (Wildman–Crippen LogP) is 4.23. The lowest BCUT2D eigenvalue weighted by Crippen LogP contribution is -2.29. The molecule has 0 unspecified atom stereocenters. The van der Waals surface area contributed by atoms with Gasteiger partial charge in [0.05, 0.1) is 0 Å². The minimum atomic E-state index is -0.220. The first-order valence-corrected chi connectivity index (χ1v) is 8.47. The van der Waals surface area contributed by atoms with Crippen LogP contribution in [-0.4, -0.2) is 29.4 Å². The largest absolute Gasteiger partial charge is 0.445 e. The summed E-state index contributed by atoms with van der Waals surface area (Å²) in [5.74, 6) is 0.859. The minimum Gasteiger partial charge on any atom is -0.445 e. The summed E-state index contributed by atoms with van der Waals surface area (Å²) in [4.78, 5) is 14.0. The zero-order chi connectivity index (χ0) is 15.2. The van der Waals surface area contributed by atoms with Gasteiger partial charge in [-0.25, -0.2) is 4.79 Å². The number of carbonyl (C=O) groups is 1. The normalized spacial score (nSPS) is 21.3. The van der Waals surface area contributed by atoms with Crippen molar-refractivity contribution in [3.63, 3.8) is 0 Å². The Morgan fingerprint density at radius 1 is 1.38 bits per heavy atom. The van der Waals surface area contributed by atoms with Crippen LogP contribution < -0.4 is 0 Å². The second-order valence-corrected chi connectivity index (χ2v) is 6.07. The second kappa shape index (κ2) is 7.64. The maximum atomic E-state index is 12.2. The number of carbonyl (C=O) groups excluding carboxylic acids is 1. The van der Waals surface area contributed by atoms with Crippen LogP contribution in [0.2, 0.25) is 0 Å². The third kappa shape index (κ3) is 4.10. The molecule has 0 N–H and O–H groups in total. The lowest BCUT2D eigenvalue weighted by atomic mass is 9.89. The van der Waals surface area contributed by atoms with E-state index in [0.717, 1.165) is 30.4 Å². The van der Waals surface area contributed by atoms with Crippen LogP contribution in [0.25, 0.3) is 0 Å². The van der Waals surface area contributed by atoms with Crippen LogP contribution in [-0.2, 0) is 11.3 Å². The quantitative estimate of drug-likeness (QED) is 0.586. The number of nitrogens with zero attached hydrogens (tertiary/aromatic N) is 1. The number of benzene rings is 1. The Labute approximate surface area is 135 Å². The van der Waals surface area contributed by atoms with Crippen LogP contribution in [0, 0.1) is 11.8 Å². The van der Waals surface area contributed by atoms with Crippen LogP contribution in [0.5, 0.6) is 0 Å². The van der Waals surface area contributed by atoms with Crippen molar-refractivity contribution >= 4 is 22.0 Å². The zero-order valence-electron chi connectivity index (χ0n) is 12.4. The number of rotatable bonds is 5. The zero-order valence-corrected chi connectivity index (χ0v) is 14.0. The molecule has 0 saturated carbocycles. The highest BCUT2D eigenvalue weighted by Crippen LogP contribution is 2.32. The summed E-state index contributed by atoms with van der Waals surface area (Å²) < 4.78 is 5.41. The van der Waals surface area contributed by atoms with Crippen LogP contribution in [0.15, 0.2) is 42.5 Å². The van der Waals surface area contributed by atoms with Crippen molar-refractivity contribution in [2.45, 2.75) is 20.0 Å². The van der Waals surface area contributed by atoms with E-state index in [1.165, 1.54) is 5.57 Å². The molecular formula is C17H22BrNO2. The number of alkyl halides is 1. The van der Waals surface area contributed by atoms with Gasteiger partial charge in [-0.15, -0.1) is 0 Å². The molecule has 0 bridgehead atoms. The van der Waals surface area contributed by atoms with Gasteiger partial charge in [-0.05, 0) is 11.5 Å². The summed E-state index contributed by atoms with van der Waals surface area (Å²) in [6.45, 7) is 8.09. The Morgan fingerprint density at radius 3 is 2.71 bits per heavy atom. The first-order valence-electron chi connectivity index (χ1n) is 7.35. The summed E-state index contributed by atoms with van der Waals surface area (Å²) in [5, 5.41) is 0.793. The Kier molecular flexibility index (Phi) is 5.85. The van der Waals surface area contributed by atoms with Crippen molar-refractivity contribution in [1.82, 2.24) is 4.90 Å². The number of hydrogen-bond donors (Lipinski definition) is 0. The molecule has 1 fully saturated rings. The van der Waals surface area contributed by atoms with Crippen molar-refractivity contribution in [3.8, 4) is 0 Å². The lowest BCUT2D eigenvalue weighted by molar-refractivity contribution is 0.102. The van der Waals surface area contributed by atoms with E-state index >= 15 is 0 Å². The standard InChI is InChI=1S/C17H22BrNO2/c1-3-15-10-19(11-16(15)13(2)9-18)17(20)21-12-14-7-5-4-6-8-14/h4-8,15-16H,2-3,9-12H2,1H3/t15-,16+/m0/s1. The van der Waals surface area contributed by atoms with Gasteiger partial charge in [0.15, 0.2) is 0 Å². The highest BCUT2D eigenvalue weighted by Gasteiger charge is 2.35. The maximum Gasteiger partial charge on any atom is 0.410 e. The SMILES string of the molecule is C=C(CBr)[C@H]1CN(C(=O)OCc2ccccc2)C[C@@H]1CC. The van der Waals surface area contributed by atoms with E-state index in [9.17, 15) is 4.79 Å². The molecule has 1 aromatic carbocycles. The first kappa shape index (κ1) is 16.1. The highest BCUT2D eigenvalue weighted by atomic mass is 79.9. The fourth-order valence-electron chi connectivity index (χ4n) is 2.81. The topological polar surface area (TPSA) is 29.5 Å². The van der Waals surface area contributed by atoms with E-state index in [-0.39, 0.29) is 6.09 Å². The third-order valence-corrected chi connectivity index (χ3v) is 4.84. The Hall–Kier alpha value is -1.29. The molecule has 0 spiro atoms. The van der Waals surface area contributed by atoms with Crippen molar-refractivity contribution in [3.05, 3.63) is 48.0 Å². The summed E-state index contributed by atoms with van der Waals surface area (Å²) in [7, 11) is 0. The Morgan fingerprint density at radius 2 is 2.10 bits per heavy atom. The summed E-state index contributed by atoms with van der Waals surface area (Å²) >= 11 is 3.47. The molecule has 1 amide bonds. The van der Waals surface area contributed by atoms with Crippen molar-refractivity contribution < 1.29 is 9.53 Å². The summed E-state index contributed by atoms with van der Waals surface area (Å²) in [5.41, 5.74) is 2.18. The molecule has 21 heavy (non-hydrogen) atoms. The third-order valence-electron chi connectivity index (χ3n) is 4.12.